The van der Waals surface area contributed by atoms with Crippen LogP contribution in [0.3, 0.4) is 0 Å². The molecular formula is C11H15BrClNO3S2. The highest BCUT2D eigenvalue weighted by molar-refractivity contribution is 9.11. The fourth-order valence-corrected chi connectivity index (χ4v) is 6.12. The number of alkyl halides is 1. The van der Waals surface area contributed by atoms with E-state index in [1.165, 1.54) is 15.6 Å². The maximum absolute atomic E-state index is 12.6. The predicted octanol–water partition coefficient (Wildman–Crippen LogP) is 3.05. The second-order valence-electron chi connectivity index (χ2n) is 4.25. The lowest BCUT2D eigenvalue weighted by Crippen LogP contribution is -2.45. The van der Waals surface area contributed by atoms with Gasteiger partial charge in [-0.3, -0.25) is 0 Å². The monoisotopic (exact) mass is 387 g/mol. The number of nitrogens with zero attached hydrogens (tertiary/aromatic N) is 1. The average molecular weight is 389 g/mol. The number of morpholine rings is 1. The summed E-state index contributed by atoms with van der Waals surface area (Å²) in [5, 5.41) is 0. The van der Waals surface area contributed by atoms with E-state index in [1.54, 1.807) is 6.07 Å². The van der Waals surface area contributed by atoms with Crippen molar-refractivity contribution in [3.8, 4) is 0 Å². The van der Waals surface area contributed by atoms with Crippen molar-refractivity contribution in [3.05, 3.63) is 14.7 Å². The molecule has 1 unspecified atom stereocenters. The summed E-state index contributed by atoms with van der Waals surface area (Å²) in [5.41, 5.74) is 0. The quantitative estimate of drug-likeness (QED) is 0.745. The van der Waals surface area contributed by atoms with Gasteiger partial charge in [0.2, 0.25) is 10.0 Å². The summed E-state index contributed by atoms with van der Waals surface area (Å²) in [4.78, 5) is 1.15. The summed E-state index contributed by atoms with van der Waals surface area (Å²) in [7, 11) is -3.47. The van der Waals surface area contributed by atoms with E-state index in [0.717, 1.165) is 11.3 Å². The molecule has 0 saturated carbocycles. The summed E-state index contributed by atoms with van der Waals surface area (Å²) < 4.78 is 32.8. The zero-order valence-corrected chi connectivity index (χ0v) is 14.4. The van der Waals surface area contributed by atoms with Crippen LogP contribution in [0.15, 0.2) is 14.7 Å². The van der Waals surface area contributed by atoms with Crippen LogP contribution >= 0.6 is 38.9 Å². The Labute approximate surface area is 130 Å². The molecule has 1 fully saturated rings. The van der Waals surface area contributed by atoms with Crippen molar-refractivity contribution in [1.82, 2.24) is 4.31 Å². The van der Waals surface area contributed by atoms with Gasteiger partial charge in [-0.05, 0) is 28.4 Å². The van der Waals surface area contributed by atoms with E-state index in [1.807, 2.05) is 6.92 Å². The summed E-state index contributed by atoms with van der Waals surface area (Å²) >= 11 is 10.4. The van der Waals surface area contributed by atoms with E-state index in [2.05, 4.69) is 15.9 Å². The molecule has 0 N–H and O–H groups in total. The molecule has 0 amide bonds. The number of hydrogen-bond acceptors (Lipinski definition) is 4. The molecule has 1 aliphatic rings. The van der Waals surface area contributed by atoms with Crippen molar-refractivity contribution < 1.29 is 13.2 Å². The Morgan fingerprint density at radius 3 is 2.95 bits per heavy atom. The highest BCUT2D eigenvalue weighted by atomic mass is 79.9. The third-order valence-corrected chi connectivity index (χ3v) is 7.58. The summed E-state index contributed by atoms with van der Waals surface area (Å²) in [6.45, 7) is 3.25. The van der Waals surface area contributed by atoms with Gasteiger partial charge >= 0.3 is 0 Å². The molecule has 1 saturated heterocycles. The van der Waals surface area contributed by atoms with E-state index in [4.69, 9.17) is 16.3 Å². The fourth-order valence-electron chi connectivity index (χ4n) is 1.94. The molecular weight excluding hydrogens is 374 g/mol. The Morgan fingerprint density at radius 2 is 2.37 bits per heavy atom. The van der Waals surface area contributed by atoms with Crippen LogP contribution in [-0.2, 0) is 20.6 Å². The Kier molecular flexibility index (Phi) is 5.30. The minimum atomic E-state index is -3.47. The fraction of sp³-hybridized carbons (Fsp3) is 0.636. The van der Waals surface area contributed by atoms with Crippen LogP contribution in [-0.4, -0.2) is 38.5 Å². The van der Waals surface area contributed by atoms with Crippen LogP contribution in [0.4, 0.5) is 0 Å². The van der Waals surface area contributed by atoms with Crippen LogP contribution in [0, 0.1) is 0 Å². The first kappa shape index (κ1) is 15.7. The van der Waals surface area contributed by atoms with E-state index < -0.39 is 10.0 Å². The van der Waals surface area contributed by atoms with E-state index in [9.17, 15) is 8.42 Å². The van der Waals surface area contributed by atoms with Gasteiger partial charge in [-0.25, -0.2) is 8.42 Å². The summed E-state index contributed by atoms with van der Waals surface area (Å²) in [5.74, 6) is 0.319. The molecule has 108 valence electrons. The normalized spacial score (nSPS) is 21.7. The minimum absolute atomic E-state index is 0.0200. The van der Waals surface area contributed by atoms with Crippen molar-refractivity contribution in [2.45, 2.75) is 30.2 Å². The molecule has 2 heterocycles. The van der Waals surface area contributed by atoms with Crippen molar-refractivity contribution in [2.24, 2.45) is 0 Å². The second-order valence-corrected chi connectivity index (χ2v) is 8.88. The highest BCUT2D eigenvalue weighted by Gasteiger charge is 2.32. The number of sulfonamides is 1. The molecule has 0 radical (unpaired) electrons. The van der Waals surface area contributed by atoms with Gasteiger partial charge in [-0.15, -0.1) is 22.9 Å². The molecule has 19 heavy (non-hydrogen) atoms. The van der Waals surface area contributed by atoms with Gasteiger partial charge in [0.05, 0.1) is 22.4 Å². The lowest BCUT2D eigenvalue weighted by atomic mass is 10.2. The van der Waals surface area contributed by atoms with Gasteiger partial charge in [-0.2, -0.15) is 4.31 Å². The van der Waals surface area contributed by atoms with E-state index in [-0.39, 0.29) is 6.10 Å². The average Bonchev–Trinajstić information content (AvgIpc) is 2.81. The molecule has 1 atom stereocenters. The summed E-state index contributed by atoms with van der Waals surface area (Å²) in [6, 6.07) is 1.65. The number of hydrogen-bond donors (Lipinski definition) is 0. The lowest BCUT2D eigenvalue weighted by Gasteiger charge is -2.31. The molecule has 1 aromatic rings. The topological polar surface area (TPSA) is 46.6 Å². The first-order valence-electron chi connectivity index (χ1n) is 5.95. The number of thiophene rings is 1. The third kappa shape index (κ3) is 3.33. The molecule has 0 aromatic carbocycles. The van der Waals surface area contributed by atoms with Crippen molar-refractivity contribution in [1.29, 1.82) is 0 Å². The molecule has 0 aliphatic carbocycles. The van der Waals surface area contributed by atoms with Gasteiger partial charge in [0.15, 0.2) is 0 Å². The van der Waals surface area contributed by atoms with Crippen molar-refractivity contribution >= 4 is 48.9 Å². The third-order valence-electron chi connectivity index (χ3n) is 3.01. The Bertz CT molecular complexity index is 546. The van der Waals surface area contributed by atoms with Gasteiger partial charge in [0.25, 0.3) is 0 Å². The van der Waals surface area contributed by atoms with E-state index in [0.29, 0.717) is 34.3 Å². The van der Waals surface area contributed by atoms with Crippen molar-refractivity contribution in [3.63, 3.8) is 0 Å². The summed E-state index contributed by atoms with van der Waals surface area (Å²) in [6.07, 6.45) is 0.789. The largest absolute Gasteiger partial charge is 0.375 e. The number of ether oxygens (including phenoxy) is 1. The minimum Gasteiger partial charge on any atom is -0.375 e. The Balaban J connectivity index is 2.28. The molecule has 0 spiro atoms. The zero-order valence-electron chi connectivity index (χ0n) is 10.4. The smallest absolute Gasteiger partial charge is 0.245 e. The number of halogens is 2. The zero-order chi connectivity index (χ0) is 14.0. The molecule has 2 rings (SSSR count). The molecule has 0 bridgehead atoms. The van der Waals surface area contributed by atoms with Crippen LogP contribution in [0.5, 0.6) is 0 Å². The Hall–Kier alpha value is 0.340. The lowest BCUT2D eigenvalue weighted by molar-refractivity contribution is -0.00278. The SMILES string of the molecule is CCC1CN(S(=O)(=O)c2cc(CCl)sc2Br)CCO1. The Morgan fingerprint density at radius 1 is 1.63 bits per heavy atom. The van der Waals surface area contributed by atoms with Gasteiger partial charge in [0, 0.05) is 18.0 Å². The highest BCUT2D eigenvalue weighted by Crippen LogP contribution is 2.34. The first-order chi connectivity index (χ1) is 8.98. The second kappa shape index (κ2) is 6.41. The van der Waals surface area contributed by atoms with Gasteiger partial charge < -0.3 is 4.74 Å². The van der Waals surface area contributed by atoms with Gasteiger partial charge in [-0.1, -0.05) is 6.92 Å². The maximum atomic E-state index is 12.6. The van der Waals surface area contributed by atoms with Crippen molar-refractivity contribution in [2.75, 3.05) is 19.7 Å². The molecule has 1 aromatic heterocycles. The molecule has 1 aliphatic heterocycles. The molecule has 4 nitrogen and oxygen atoms in total. The van der Waals surface area contributed by atoms with E-state index >= 15 is 0 Å². The maximum Gasteiger partial charge on any atom is 0.245 e. The van der Waals surface area contributed by atoms with Crippen LogP contribution in [0.2, 0.25) is 0 Å². The standard InChI is InChI=1S/C11H15BrClNO3S2/c1-2-8-7-14(3-4-17-8)19(15,16)10-5-9(6-13)18-11(10)12/h5,8H,2-4,6-7H2,1H3. The molecule has 8 heteroatoms. The van der Waals surface area contributed by atoms with Gasteiger partial charge in [0.1, 0.15) is 4.90 Å². The first-order valence-corrected chi connectivity index (χ1v) is 9.53. The van der Waals surface area contributed by atoms with Crippen LogP contribution in [0.1, 0.15) is 18.2 Å². The predicted molar refractivity (Wildman–Crippen MR) is 80.4 cm³/mol. The van der Waals surface area contributed by atoms with Crippen LogP contribution < -0.4 is 0 Å². The van der Waals surface area contributed by atoms with Crippen LogP contribution in [0.25, 0.3) is 0 Å². The number of rotatable bonds is 4.